The molecule has 3 radical (unpaired) electrons. The standard InChI is InChI=1S/C36H47F2N4O6.C35H45F2N4O6.C34H43F2N4O6.3V.3H2/c1-4-25-28(21-43)42-20-29(25)47-32-31(39-26-16-15-24(46-3)19-27(26)40-32)36(37,38)18-9-8-13-23-14-10-17-35(23,2)48-34(45)41-30(33(42)44)22-11-6-5-7-12-22;1-3-24-27(20-42)41-19-29(24)46-32-31(38-25-16-15-23(45-2)18-26(25)39-32)35(36,37)17-8-7-10-21-13-9-14-28(21)47-34(44)40-30(33(41)43)22-11-5-4-6-12-22;1-4-23-26(19-41)40-18-27(23)45-30-29(37-24-14-13-22(44-3)16-25(24)38-30)34(35,36)15-9-8-12-21-17-33(21,2)46-32(43)39-28(31(40)42)20-10-6-5-7-11-20;;;;;;/h15-16,19,22-23,25,28-30H,4-14,17-18,20H2,1-3H3,(H,41,45);15-16,18,21-22,24,27-30H,3-14,17,19H2,1-2H3,(H,40,44);13-14,16,20-21,23,26-28H,4-12,15,17-18H2,1-3H3,(H,39,43);;;;3*1H/q3*-1;;;;;;/t23-,25+,28-,29+,30+,35-;21-,24+,27-,28-,29+,30+;21-,23+,26-,27+,28+,33-;;;;;;/m111....../s1. The van der Waals surface area contributed by atoms with Crippen molar-refractivity contribution < 1.29 is 172 Å². The number of hydrogen-bond donors (Lipinski definition) is 3. The van der Waals surface area contributed by atoms with Gasteiger partial charge in [-0.1, -0.05) is 135 Å². The van der Waals surface area contributed by atoms with Crippen molar-refractivity contribution in [2.45, 2.75) is 362 Å². The molecule has 9 fully saturated rings. The molecule has 0 spiro atoms. The average Bonchev–Trinajstić information content (AvgIpc) is 1.75. The van der Waals surface area contributed by atoms with Gasteiger partial charge < -0.3 is 87.7 Å². The number of ether oxygens (including phenoxy) is 9. The van der Waals surface area contributed by atoms with Gasteiger partial charge >= 0.3 is 18.3 Å². The number of amides is 6. The second-order valence-electron chi connectivity index (χ2n) is 41.5. The molecule has 30 nitrogen and oxygen atoms in total. The number of carbonyl (C=O) groups is 6. The van der Waals surface area contributed by atoms with Crippen molar-refractivity contribution in [2.75, 3.05) is 41.0 Å². The van der Waals surface area contributed by atoms with Crippen LogP contribution in [0.25, 0.3) is 33.1 Å². The van der Waals surface area contributed by atoms with Crippen molar-refractivity contribution in [2.24, 2.45) is 53.3 Å². The van der Waals surface area contributed by atoms with Crippen LogP contribution in [0.4, 0.5) is 40.7 Å². The Morgan fingerprint density at radius 2 is 0.674 bits per heavy atom. The molecule has 12 aliphatic rings. The van der Waals surface area contributed by atoms with Gasteiger partial charge in [-0.25, -0.2) is 63.1 Å². The van der Waals surface area contributed by atoms with Crippen molar-refractivity contribution in [1.82, 2.24) is 60.6 Å². The van der Waals surface area contributed by atoms with Crippen molar-refractivity contribution in [3.8, 4) is 34.9 Å². The largest absolute Gasteiger partial charge is 0.540 e. The minimum atomic E-state index is -3.37. The van der Waals surface area contributed by atoms with Gasteiger partial charge in [0.25, 0.3) is 17.8 Å². The maximum atomic E-state index is 16.2. The number of carbonyl (C=O) groups excluding carboxylic acids is 9. The van der Waals surface area contributed by atoms with Gasteiger partial charge in [-0.05, 0) is 220 Å². The summed E-state index contributed by atoms with van der Waals surface area (Å²) in [6, 6.07) is 8.85. The number of hydrogen-bond acceptors (Lipinski definition) is 24. The molecule has 3 saturated heterocycles. The van der Waals surface area contributed by atoms with E-state index in [4.69, 9.17) is 42.6 Å². The van der Waals surface area contributed by atoms with Crippen molar-refractivity contribution in [1.29, 1.82) is 0 Å². The van der Waals surface area contributed by atoms with Gasteiger partial charge in [-0.15, -0.1) is 0 Å². The monoisotopic (exact) mass is 2120 g/mol. The topological polar surface area (TPSA) is 360 Å². The Morgan fingerprint density at radius 3 is 1.02 bits per heavy atom. The SMILES string of the molecule is CC[C@@H]1[C@@H]2CN(C(=O)[C@H](C3CCCCC3)NC(=O)O[C@@H]3CCC[C@H]3CCCCC(F)(F)c3nc4ccc(OC)cc4nc3O2)[C@@H]1[C-]=O.CC[C@@H]1[C@@H]2CN(C(=O)[C@H](C3CCCCC3)NC(=O)O[C@]3(C)CCC[C@H]3CCCCC(F)(F)c3nc4ccc(OC)cc4nc3O2)[C@@H]1[C-]=O.CC[C@@H]1[C@@H]2CN(C(=O)[C@H](C3CCCCC3)NC(=O)O[C@]3(C)C[C@H]3CCCCC(F)(F)c3nc4ccc(OC)cc4nc3O2)[C@@H]1[C-]=O.[HH].[HH].[HH].[V].[V].[V]. The van der Waals surface area contributed by atoms with E-state index in [1.165, 1.54) is 36.0 Å². The van der Waals surface area contributed by atoms with Crippen molar-refractivity contribution in [3.63, 3.8) is 0 Å². The summed E-state index contributed by atoms with van der Waals surface area (Å²) >= 11 is 0. The van der Waals surface area contributed by atoms with Crippen molar-refractivity contribution >= 4 is 88.0 Å². The molecule has 18 rings (SSSR count). The summed E-state index contributed by atoms with van der Waals surface area (Å²) in [6.45, 7) is 9.15. The van der Waals surface area contributed by atoms with Gasteiger partial charge in [0.15, 0.2) is 17.1 Å². The number of alkyl carbamates (subject to hydrolysis) is 3. The zero-order chi connectivity index (χ0) is 99.8. The third-order valence-corrected chi connectivity index (χ3v) is 32.6. The van der Waals surface area contributed by atoms with E-state index in [0.29, 0.717) is 111 Å². The molecule has 6 bridgehead atoms. The summed E-state index contributed by atoms with van der Waals surface area (Å²) in [6.07, 6.45) is 24.0. The minimum absolute atomic E-state index is 0. The van der Waals surface area contributed by atoms with Crippen LogP contribution in [0.3, 0.4) is 0 Å². The zero-order valence-corrected chi connectivity index (χ0v) is 87.6. The van der Waals surface area contributed by atoms with Crippen LogP contribution in [0.15, 0.2) is 54.6 Å². The Kier molecular flexibility index (Phi) is 38.2. The molecular formula is C105H141F6N12O18V3-3. The Bertz CT molecular complexity index is 5500. The van der Waals surface area contributed by atoms with E-state index in [-0.39, 0.29) is 175 Å². The molecule has 144 heavy (non-hydrogen) atoms. The van der Waals surface area contributed by atoms with Gasteiger partial charge in [0.2, 0.25) is 35.4 Å². The molecule has 39 heteroatoms. The van der Waals surface area contributed by atoms with Crippen LogP contribution in [-0.4, -0.2) is 212 Å². The van der Waals surface area contributed by atoms with Crippen LogP contribution >= 0.6 is 0 Å². The number of halogens is 6. The second-order valence-corrected chi connectivity index (χ2v) is 41.5. The normalized spacial score (nSPS) is 30.9. The Morgan fingerprint density at radius 1 is 0.361 bits per heavy atom. The number of fused-ring (bicyclic) bond motifs is 15. The summed E-state index contributed by atoms with van der Waals surface area (Å²) in [4.78, 5) is 152. The molecule has 6 aromatic rings. The van der Waals surface area contributed by atoms with Crippen LogP contribution in [-0.2, 0) is 116 Å². The molecule has 6 aliphatic heterocycles. The number of benzene rings is 3. The fourth-order valence-electron chi connectivity index (χ4n) is 24.4. The molecule has 3 aromatic carbocycles. The van der Waals surface area contributed by atoms with Gasteiger partial charge in [0.1, 0.15) is 71.0 Å². The van der Waals surface area contributed by atoms with Gasteiger partial charge in [-0.3, -0.25) is 14.4 Å². The molecule has 789 valence electrons. The maximum absolute atomic E-state index is 16.2. The van der Waals surface area contributed by atoms with Crippen LogP contribution < -0.4 is 44.4 Å². The predicted octanol–water partition coefficient (Wildman–Crippen LogP) is 19.5. The maximum Gasteiger partial charge on any atom is 0.408 e. The zero-order valence-electron chi connectivity index (χ0n) is 83.4. The third kappa shape index (κ3) is 25.1. The molecule has 6 aliphatic carbocycles. The minimum Gasteiger partial charge on any atom is -0.540 e. The molecule has 18 atom stereocenters. The number of rotatable bonds is 12. The molecule has 3 N–H and O–H groups in total. The summed E-state index contributed by atoms with van der Waals surface area (Å²) in [5.74, 6) is -12.7. The Balaban J connectivity index is 0.000000221. The van der Waals surface area contributed by atoms with Crippen LogP contribution in [0, 0.1) is 53.3 Å². The number of alkyl halides is 6. The molecule has 6 saturated carbocycles. The van der Waals surface area contributed by atoms with Gasteiger partial charge in [0.05, 0.1) is 74.1 Å². The Hall–Kier alpha value is -8.96. The van der Waals surface area contributed by atoms with Crippen LogP contribution in [0.1, 0.15) is 294 Å². The molecule has 3 aromatic heterocycles. The van der Waals surface area contributed by atoms with E-state index < -0.39 is 174 Å². The second kappa shape index (κ2) is 49.0. The molecule has 0 unspecified atom stereocenters. The van der Waals surface area contributed by atoms with Gasteiger partial charge in [0, 0.05) is 103 Å². The van der Waals surface area contributed by atoms with Crippen LogP contribution in [0.2, 0.25) is 0 Å². The summed E-state index contributed by atoms with van der Waals surface area (Å²) in [7, 11) is 4.50. The first-order valence-electron chi connectivity index (χ1n) is 51.6. The van der Waals surface area contributed by atoms with Gasteiger partial charge in [-0.2, -0.15) is 26.3 Å². The van der Waals surface area contributed by atoms with Crippen molar-refractivity contribution in [3.05, 3.63) is 71.7 Å². The van der Waals surface area contributed by atoms with E-state index >= 15 is 26.3 Å². The van der Waals surface area contributed by atoms with Crippen LogP contribution in [0.5, 0.6) is 34.9 Å². The summed E-state index contributed by atoms with van der Waals surface area (Å²) in [5.41, 5.74) is -1.37. The molecule has 9 heterocycles. The molecule has 6 amide bonds. The number of methoxy groups -OCH3 is 3. The summed E-state index contributed by atoms with van der Waals surface area (Å²) in [5, 5.41) is 8.74. The number of aromatic nitrogens is 6. The first kappa shape index (κ1) is 112. The fraction of sp³-hybridized carbons (Fsp3) is 0.686. The fourth-order valence-corrected chi connectivity index (χ4v) is 24.4. The quantitative estimate of drug-likeness (QED) is 0.0582. The van der Waals surface area contributed by atoms with E-state index in [1.54, 1.807) is 54.6 Å². The summed E-state index contributed by atoms with van der Waals surface area (Å²) < 4.78 is 149. The number of nitrogens with zero attached hydrogens (tertiary/aromatic N) is 9. The first-order chi connectivity index (χ1) is 67.8. The van der Waals surface area contributed by atoms with E-state index in [0.717, 1.165) is 122 Å². The average molecular weight is 2130 g/mol. The molecular weight excluding hydrogens is 1980 g/mol. The smallest absolute Gasteiger partial charge is 0.408 e. The van der Waals surface area contributed by atoms with E-state index in [9.17, 15) is 43.2 Å². The predicted molar refractivity (Wildman–Crippen MR) is 513 cm³/mol. The number of nitrogens with one attached hydrogen (secondary N) is 3. The van der Waals surface area contributed by atoms with E-state index in [1.807, 2.05) is 53.5 Å². The van der Waals surface area contributed by atoms with E-state index in [2.05, 4.69) is 45.9 Å². The third-order valence-electron chi connectivity index (χ3n) is 32.6. The first-order valence-corrected chi connectivity index (χ1v) is 51.6. The Labute approximate surface area is 877 Å².